The van der Waals surface area contributed by atoms with E-state index in [1.165, 1.54) is 0 Å². The Morgan fingerprint density at radius 1 is 1.47 bits per heavy atom. The average molecular weight is 285 g/mol. The maximum absolute atomic E-state index is 12.0. The molecule has 0 bridgehead atoms. The molecule has 0 spiro atoms. The Hall–Kier alpha value is -1.26. The minimum Gasteiger partial charge on any atom is -0.396 e. The molecule has 5 heteroatoms. The number of carbonyl (C=O) groups is 1. The highest BCUT2D eigenvalue weighted by atomic mass is 35.5. The van der Waals surface area contributed by atoms with Gasteiger partial charge in [0, 0.05) is 22.9 Å². The quantitative estimate of drug-likeness (QED) is 0.777. The SMILES string of the molecule is CCC(C)(CCO)NC(=O)Nc1ccc(Cl)cc1C. The minimum atomic E-state index is -0.404. The average Bonchev–Trinajstić information content (AvgIpc) is 2.33. The highest BCUT2D eigenvalue weighted by Gasteiger charge is 2.23. The fourth-order valence-corrected chi connectivity index (χ4v) is 2.00. The van der Waals surface area contributed by atoms with Crippen molar-refractivity contribution in [2.75, 3.05) is 11.9 Å². The van der Waals surface area contributed by atoms with Gasteiger partial charge in [-0.15, -0.1) is 0 Å². The van der Waals surface area contributed by atoms with Crippen LogP contribution in [0.3, 0.4) is 0 Å². The lowest BCUT2D eigenvalue weighted by atomic mass is 9.95. The molecular weight excluding hydrogens is 264 g/mol. The predicted octanol–water partition coefficient (Wildman–Crippen LogP) is 3.32. The van der Waals surface area contributed by atoms with Gasteiger partial charge in [0.25, 0.3) is 0 Å². The van der Waals surface area contributed by atoms with Crippen molar-refractivity contribution in [2.24, 2.45) is 0 Å². The summed E-state index contributed by atoms with van der Waals surface area (Å²) in [5.74, 6) is 0. The smallest absolute Gasteiger partial charge is 0.319 e. The molecule has 19 heavy (non-hydrogen) atoms. The Balaban J connectivity index is 2.69. The second-order valence-electron chi connectivity index (χ2n) is 4.93. The molecule has 1 aromatic carbocycles. The lowest BCUT2D eigenvalue weighted by molar-refractivity contribution is 0.208. The van der Waals surface area contributed by atoms with E-state index in [0.717, 1.165) is 17.7 Å². The molecule has 0 aliphatic heterocycles. The summed E-state index contributed by atoms with van der Waals surface area (Å²) in [5, 5.41) is 15.4. The van der Waals surface area contributed by atoms with Crippen LogP contribution in [0.15, 0.2) is 18.2 Å². The first-order valence-electron chi connectivity index (χ1n) is 6.36. The van der Waals surface area contributed by atoms with Crippen LogP contribution in [0.25, 0.3) is 0 Å². The molecule has 1 atom stereocenters. The summed E-state index contributed by atoms with van der Waals surface area (Å²) in [6.07, 6.45) is 1.27. The summed E-state index contributed by atoms with van der Waals surface area (Å²) in [5.41, 5.74) is 1.23. The number of hydrogen-bond donors (Lipinski definition) is 3. The summed E-state index contributed by atoms with van der Waals surface area (Å²) in [4.78, 5) is 12.0. The highest BCUT2D eigenvalue weighted by Crippen LogP contribution is 2.20. The van der Waals surface area contributed by atoms with Crippen LogP contribution in [-0.4, -0.2) is 23.3 Å². The van der Waals surface area contributed by atoms with Gasteiger partial charge in [-0.3, -0.25) is 0 Å². The van der Waals surface area contributed by atoms with Gasteiger partial charge in [-0.2, -0.15) is 0 Å². The van der Waals surface area contributed by atoms with Crippen molar-refractivity contribution in [3.63, 3.8) is 0 Å². The Labute approximate surface area is 119 Å². The number of hydrogen-bond acceptors (Lipinski definition) is 2. The molecule has 0 aliphatic carbocycles. The topological polar surface area (TPSA) is 61.4 Å². The molecule has 2 amide bonds. The first kappa shape index (κ1) is 15.8. The van der Waals surface area contributed by atoms with Gasteiger partial charge in [0.1, 0.15) is 0 Å². The number of rotatable bonds is 5. The van der Waals surface area contributed by atoms with Crippen molar-refractivity contribution in [3.8, 4) is 0 Å². The van der Waals surface area contributed by atoms with Crippen LogP contribution >= 0.6 is 11.6 Å². The molecule has 1 unspecified atom stereocenters. The van der Waals surface area contributed by atoms with Gasteiger partial charge in [0.05, 0.1) is 0 Å². The maximum atomic E-state index is 12.0. The van der Waals surface area contributed by atoms with Crippen LogP contribution in [0.2, 0.25) is 5.02 Å². The number of anilines is 1. The van der Waals surface area contributed by atoms with Crippen LogP contribution in [-0.2, 0) is 0 Å². The van der Waals surface area contributed by atoms with Crippen molar-refractivity contribution in [1.82, 2.24) is 5.32 Å². The number of urea groups is 1. The first-order valence-corrected chi connectivity index (χ1v) is 6.74. The molecule has 0 aromatic heterocycles. The van der Waals surface area contributed by atoms with Crippen molar-refractivity contribution in [2.45, 2.75) is 39.2 Å². The monoisotopic (exact) mass is 284 g/mol. The molecule has 1 aromatic rings. The van der Waals surface area contributed by atoms with Gasteiger partial charge < -0.3 is 15.7 Å². The zero-order chi connectivity index (χ0) is 14.5. The molecule has 0 radical (unpaired) electrons. The molecule has 106 valence electrons. The fraction of sp³-hybridized carbons (Fsp3) is 0.500. The lowest BCUT2D eigenvalue weighted by Gasteiger charge is -2.29. The van der Waals surface area contributed by atoms with Gasteiger partial charge in [0.2, 0.25) is 0 Å². The summed E-state index contributed by atoms with van der Waals surface area (Å²) in [6.45, 7) is 5.82. The van der Waals surface area contributed by atoms with Gasteiger partial charge in [-0.05, 0) is 50.5 Å². The van der Waals surface area contributed by atoms with Crippen molar-refractivity contribution in [3.05, 3.63) is 28.8 Å². The zero-order valence-corrected chi connectivity index (χ0v) is 12.3. The minimum absolute atomic E-state index is 0.0462. The van der Waals surface area contributed by atoms with Crippen molar-refractivity contribution < 1.29 is 9.90 Å². The summed E-state index contributed by atoms with van der Waals surface area (Å²) < 4.78 is 0. The van der Waals surface area contributed by atoms with E-state index in [1.54, 1.807) is 18.2 Å². The molecule has 0 saturated carbocycles. The van der Waals surface area contributed by atoms with Crippen LogP contribution in [0.4, 0.5) is 10.5 Å². The van der Waals surface area contributed by atoms with Gasteiger partial charge >= 0.3 is 6.03 Å². The van der Waals surface area contributed by atoms with E-state index in [-0.39, 0.29) is 12.6 Å². The Morgan fingerprint density at radius 3 is 2.68 bits per heavy atom. The van der Waals surface area contributed by atoms with E-state index in [2.05, 4.69) is 10.6 Å². The molecule has 4 nitrogen and oxygen atoms in total. The summed E-state index contributed by atoms with van der Waals surface area (Å²) >= 11 is 5.87. The Kier molecular flexibility index (Phi) is 5.63. The second kappa shape index (κ2) is 6.78. The highest BCUT2D eigenvalue weighted by molar-refractivity contribution is 6.30. The van der Waals surface area contributed by atoms with Gasteiger partial charge in [-0.1, -0.05) is 18.5 Å². The Morgan fingerprint density at radius 2 is 2.16 bits per heavy atom. The fourth-order valence-electron chi connectivity index (χ4n) is 1.77. The molecule has 1 rings (SSSR count). The van der Waals surface area contributed by atoms with E-state index in [9.17, 15) is 4.79 Å². The van der Waals surface area contributed by atoms with E-state index < -0.39 is 5.54 Å². The standard InChI is InChI=1S/C14H21ClN2O2/c1-4-14(3,7-8-18)17-13(19)16-12-6-5-11(15)9-10(12)2/h5-6,9,18H,4,7-8H2,1-3H3,(H2,16,17,19). The number of nitrogens with one attached hydrogen (secondary N) is 2. The van der Waals surface area contributed by atoms with E-state index >= 15 is 0 Å². The number of aliphatic hydroxyl groups is 1. The summed E-state index contributed by atoms with van der Waals surface area (Å²) in [7, 11) is 0. The van der Waals surface area contributed by atoms with Crippen molar-refractivity contribution >= 4 is 23.3 Å². The second-order valence-corrected chi connectivity index (χ2v) is 5.36. The van der Waals surface area contributed by atoms with Gasteiger partial charge in [-0.25, -0.2) is 4.79 Å². The number of carbonyl (C=O) groups excluding carboxylic acids is 1. The molecule has 0 fully saturated rings. The van der Waals surface area contributed by atoms with Crippen LogP contribution in [0, 0.1) is 6.92 Å². The van der Waals surface area contributed by atoms with E-state index in [0.29, 0.717) is 11.4 Å². The van der Waals surface area contributed by atoms with Crippen LogP contribution < -0.4 is 10.6 Å². The number of aryl methyl sites for hydroxylation is 1. The van der Waals surface area contributed by atoms with Crippen molar-refractivity contribution in [1.29, 1.82) is 0 Å². The van der Waals surface area contributed by atoms with E-state index in [1.807, 2.05) is 20.8 Å². The molecule has 0 saturated heterocycles. The number of aliphatic hydroxyl groups excluding tert-OH is 1. The third-order valence-corrected chi connectivity index (χ3v) is 3.53. The van der Waals surface area contributed by atoms with Crippen LogP contribution in [0.1, 0.15) is 32.3 Å². The molecule has 0 heterocycles. The zero-order valence-electron chi connectivity index (χ0n) is 11.6. The third-order valence-electron chi connectivity index (χ3n) is 3.30. The van der Waals surface area contributed by atoms with Crippen LogP contribution in [0.5, 0.6) is 0 Å². The molecule has 3 N–H and O–H groups in total. The number of benzene rings is 1. The molecule has 0 aliphatic rings. The summed E-state index contributed by atoms with van der Waals surface area (Å²) in [6, 6.07) is 5.02. The first-order chi connectivity index (χ1) is 8.90. The third kappa shape index (κ3) is 4.73. The Bertz CT molecular complexity index is 451. The lowest BCUT2D eigenvalue weighted by Crippen LogP contribution is -2.48. The molecular formula is C14H21ClN2O2. The predicted molar refractivity (Wildman–Crippen MR) is 78.7 cm³/mol. The number of halogens is 1. The normalized spacial score (nSPS) is 13.7. The maximum Gasteiger partial charge on any atom is 0.319 e. The van der Waals surface area contributed by atoms with Gasteiger partial charge in [0.15, 0.2) is 0 Å². The largest absolute Gasteiger partial charge is 0.396 e. The number of amides is 2. The van der Waals surface area contributed by atoms with E-state index in [4.69, 9.17) is 16.7 Å².